The molecule has 2 nitrogen and oxygen atoms in total. The molecule has 0 unspecified atom stereocenters. The maximum atomic E-state index is 3.48. The quantitative estimate of drug-likeness (QED) is 0.883. The van der Waals surface area contributed by atoms with Gasteiger partial charge in [0.05, 0.1) is 0 Å². The second-order valence-corrected chi connectivity index (χ2v) is 6.57. The smallest absolute Gasteiger partial charge is 0.0387 e. The van der Waals surface area contributed by atoms with Crippen LogP contribution in [0.15, 0.2) is 60.7 Å². The van der Waals surface area contributed by atoms with E-state index < -0.39 is 0 Å². The van der Waals surface area contributed by atoms with Gasteiger partial charge in [0.15, 0.2) is 0 Å². The number of benzene rings is 2. The molecule has 0 spiro atoms. The second-order valence-electron chi connectivity index (χ2n) is 5.34. The van der Waals surface area contributed by atoms with Crippen molar-refractivity contribution in [2.24, 2.45) is 0 Å². The second kappa shape index (κ2) is 7.95. The minimum atomic E-state index is 0.841. The Balaban J connectivity index is 1.55. The van der Waals surface area contributed by atoms with Gasteiger partial charge < -0.3 is 10.2 Å². The fraction of sp³-hybridized carbons (Fsp3) is 0.263. The van der Waals surface area contributed by atoms with Crippen molar-refractivity contribution in [3.63, 3.8) is 0 Å². The Bertz CT molecular complexity index is 604. The Morgan fingerprint density at radius 2 is 1.82 bits per heavy atom. The third-order valence-electron chi connectivity index (χ3n) is 3.76. The first-order chi connectivity index (χ1) is 10.9. The van der Waals surface area contributed by atoms with E-state index in [1.165, 1.54) is 28.4 Å². The van der Waals surface area contributed by atoms with E-state index in [9.17, 15) is 0 Å². The molecule has 0 bridgehead atoms. The Morgan fingerprint density at radius 1 is 1.00 bits per heavy atom. The zero-order valence-electron chi connectivity index (χ0n) is 12.7. The highest BCUT2D eigenvalue weighted by Crippen LogP contribution is 2.22. The van der Waals surface area contributed by atoms with Crippen molar-refractivity contribution in [2.45, 2.75) is 0 Å². The molecular weight excluding hydrogens is 288 g/mol. The Hall–Kier alpha value is -1.87. The summed E-state index contributed by atoms with van der Waals surface area (Å²) in [6, 6.07) is 19.1. The predicted molar refractivity (Wildman–Crippen MR) is 99.9 cm³/mol. The number of hydrogen-bond acceptors (Lipinski definition) is 3. The predicted octanol–water partition coefficient (Wildman–Crippen LogP) is 4.37. The summed E-state index contributed by atoms with van der Waals surface area (Å²) in [5.41, 5.74) is 3.76. The highest BCUT2D eigenvalue weighted by molar-refractivity contribution is 7.99. The van der Waals surface area contributed by atoms with Gasteiger partial charge in [-0.25, -0.2) is 0 Å². The summed E-state index contributed by atoms with van der Waals surface area (Å²) in [6.45, 7) is 3.15. The summed E-state index contributed by atoms with van der Waals surface area (Å²) < 4.78 is 0. The summed E-state index contributed by atoms with van der Waals surface area (Å²) in [5.74, 6) is 2.47. The maximum Gasteiger partial charge on any atom is 0.0387 e. The van der Waals surface area contributed by atoms with E-state index >= 15 is 0 Å². The first-order valence-electron chi connectivity index (χ1n) is 7.80. The monoisotopic (exact) mass is 310 g/mol. The lowest BCUT2D eigenvalue weighted by Crippen LogP contribution is -2.32. The van der Waals surface area contributed by atoms with Gasteiger partial charge in [-0.05, 0) is 23.8 Å². The molecule has 3 heteroatoms. The maximum absolute atomic E-state index is 3.48. The van der Waals surface area contributed by atoms with Gasteiger partial charge in [0.2, 0.25) is 0 Å². The topological polar surface area (TPSA) is 15.3 Å². The molecule has 1 N–H and O–H groups in total. The van der Waals surface area contributed by atoms with E-state index in [2.05, 4.69) is 70.9 Å². The summed E-state index contributed by atoms with van der Waals surface area (Å²) in [7, 11) is 0. The molecular formula is C19H22N2S. The van der Waals surface area contributed by atoms with Gasteiger partial charge in [-0.1, -0.05) is 48.6 Å². The molecule has 0 aliphatic carbocycles. The van der Waals surface area contributed by atoms with Crippen LogP contribution in [0.5, 0.6) is 0 Å². The van der Waals surface area contributed by atoms with Gasteiger partial charge in [0.25, 0.3) is 0 Å². The number of rotatable bonds is 5. The fourth-order valence-electron chi connectivity index (χ4n) is 2.57. The number of thioether (sulfide) groups is 1. The number of hydrogen-bond donors (Lipinski definition) is 1. The molecule has 0 amide bonds. The molecule has 114 valence electrons. The first kappa shape index (κ1) is 15.0. The molecule has 1 heterocycles. The summed E-state index contributed by atoms with van der Waals surface area (Å²) in [6.07, 6.45) is 4.32. The minimum absolute atomic E-state index is 0.841. The summed E-state index contributed by atoms with van der Waals surface area (Å²) in [5, 5.41) is 3.48. The number of nitrogens with zero attached hydrogens (tertiary/aromatic N) is 1. The third-order valence-corrected chi connectivity index (χ3v) is 4.70. The lowest BCUT2D eigenvalue weighted by atomic mass is 10.2. The lowest BCUT2D eigenvalue weighted by molar-refractivity contribution is 0.859. The Morgan fingerprint density at radius 3 is 2.64 bits per heavy atom. The number of nitrogens with one attached hydrogen (secondary N) is 1. The van der Waals surface area contributed by atoms with Crippen molar-refractivity contribution >= 4 is 29.2 Å². The van der Waals surface area contributed by atoms with E-state index in [1.807, 2.05) is 17.8 Å². The van der Waals surface area contributed by atoms with Crippen molar-refractivity contribution in [2.75, 3.05) is 41.4 Å². The Labute approximate surface area is 137 Å². The molecule has 0 aromatic heterocycles. The molecule has 1 aliphatic rings. The molecule has 0 atom stereocenters. The molecule has 0 saturated carbocycles. The average molecular weight is 310 g/mol. The van der Waals surface area contributed by atoms with Crippen LogP contribution in [0.2, 0.25) is 0 Å². The number of anilines is 2. The third kappa shape index (κ3) is 4.31. The van der Waals surface area contributed by atoms with Crippen molar-refractivity contribution < 1.29 is 0 Å². The van der Waals surface area contributed by atoms with Crippen LogP contribution in [0.25, 0.3) is 6.08 Å². The Kier molecular flexibility index (Phi) is 5.43. The van der Waals surface area contributed by atoms with E-state index in [-0.39, 0.29) is 0 Å². The van der Waals surface area contributed by atoms with Gasteiger partial charge in [-0.3, -0.25) is 0 Å². The molecule has 1 fully saturated rings. The fourth-order valence-corrected chi connectivity index (χ4v) is 3.47. The van der Waals surface area contributed by atoms with Crippen LogP contribution < -0.4 is 10.2 Å². The van der Waals surface area contributed by atoms with Crippen molar-refractivity contribution in [3.8, 4) is 0 Å². The summed E-state index contributed by atoms with van der Waals surface area (Å²) >= 11 is 2.05. The van der Waals surface area contributed by atoms with Gasteiger partial charge in [0.1, 0.15) is 0 Å². The highest BCUT2D eigenvalue weighted by Gasteiger charge is 2.10. The molecule has 2 aromatic carbocycles. The van der Waals surface area contributed by atoms with Gasteiger partial charge >= 0.3 is 0 Å². The zero-order chi connectivity index (χ0) is 15.0. The van der Waals surface area contributed by atoms with Crippen LogP contribution in [-0.4, -0.2) is 31.1 Å². The molecule has 1 aliphatic heterocycles. The van der Waals surface area contributed by atoms with Gasteiger partial charge in [-0.2, -0.15) is 11.8 Å². The minimum Gasteiger partial charge on any atom is -0.382 e. The van der Waals surface area contributed by atoms with Crippen LogP contribution in [0.3, 0.4) is 0 Å². The van der Waals surface area contributed by atoms with Gasteiger partial charge in [-0.15, -0.1) is 0 Å². The SMILES string of the molecule is C(=C\c1ccccc1)/CNc1cccc(N2CCSCC2)c1. The van der Waals surface area contributed by atoms with Crippen molar-refractivity contribution in [3.05, 3.63) is 66.2 Å². The van der Waals surface area contributed by atoms with Crippen molar-refractivity contribution in [1.82, 2.24) is 0 Å². The normalized spacial score (nSPS) is 15.2. The van der Waals surface area contributed by atoms with Crippen molar-refractivity contribution in [1.29, 1.82) is 0 Å². The average Bonchev–Trinajstić information content (AvgIpc) is 2.61. The molecule has 22 heavy (non-hydrogen) atoms. The molecule has 3 rings (SSSR count). The van der Waals surface area contributed by atoms with Gasteiger partial charge in [0, 0.05) is 42.5 Å². The zero-order valence-corrected chi connectivity index (χ0v) is 13.6. The molecule has 2 aromatic rings. The standard InChI is InChI=1S/C19H22N2S/c1-2-6-17(7-3-1)8-5-11-20-18-9-4-10-19(16-18)21-12-14-22-15-13-21/h1-10,16,20H,11-15H2/b8-5+. The van der Waals surface area contributed by atoms with Crippen LogP contribution in [0, 0.1) is 0 Å². The van der Waals surface area contributed by atoms with Crippen LogP contribution in [0.4, 0.5) is 11.4 Å². The van der Waals surface area contributed by atoms with E-state index in [4.69, 9.17) is 0 Å². The largest absolute Gasteiger partial charge is 0.382 e. The molecule has 0 radical (unpaired) electrons. The summed E-state index contributed by atoms with van der Waals surface area (Å²) in [4.78, 5) is 2.47. The van der Waals surface area contributed by atoms with Crippen LogP contribution >= 0.6 is 11.8 Å². The van der Waals surface area contributed by atoms with Crippen LogP contribution in [-0.2, 0) is 0 Å². The van der Waals surface area contributed by atoms with Crippen LogP contribution in [0.1, 0.15) is 5.56 Å². The molecule has 1 saturated heterocycles. The van der Waals surface area contributed by atoms with E-state index in [1.54, 1.807) is 0 Å². The van der Waals surface area contributed by atoms with E-state index in [0.29, 0.717) is 0 Å². The highest BCUT2D eigenvalue weighted by atomic mass is 32.2. The first-order valence-corrected chi connectivity index (χ1v) is 8.95. The lowest BCUT2D eigenvalue weighted by Gasteiger charge is -2.28. The van der Waals surface area contributed by atoms with E-state index in [0.717, 1.165) is 19.6 Å².